The van der Waals surface area contributed by atoms with Crippen LogP contribution < -0.4 is 5.43 Å². The van der Waals surface area contributed by atoms with Crippen molar-refractivity contribution in [3.05, 3.63) is 47.5 Å². The molecule has 6 heteroatoms. The number of amides is 1. The van der Waals surface area contributed by atoms with Gasteiger partial charge in [0.15, 0.2) is 0 Å². The fourth-order valence-corrected chi connectivity index (χ4v) is 3.72. The lowest BCUT2D eigenvalue weighted by atomic mass is 9.95. The van der Waals surface area contributed by atoms with E-state index >= 15 is 0 Å². The molecule has 0 bridgehead atoms. The maximum Gasteiger partial charge on any atom is 0.409 e. The Balaban J connectivity index is 1.94. The first kappa shape index (κ1) is 19.7. The number of benzene rings is 2. The standard InChI is InChI=1S/C21H25F3N2O/c1-2-3-4-5-7-15-8-6-9-16-10-11-17(14-18(15)16)20(21(22,23)24)26-13-12-19(27)25-26/h6,8-11,14,20H,2-5,7,12-13H2,1H3,(H,25,27)/t20-/m0/s1. The molecule has 1 aliphatic rings. The Hall–Kier alpha value is -2.08. The molecule has 2 aromatic carbocycles. The fourth-order valence-electron chi connectivity index (χ4n) is 3.72. The maximum atomic E-state index is 13.8. The van der Waals surface area contributed by atoms with Crippen molar-refractivity contribution in [2.45, 2.75) is 57.7 Å². The van der Waals surface area contributed by atoms with Gasteiger partial charge >= 0.3 is 6.18 Å². The molecule has 27 heavy (non-hydrogen) atoms. The van der Waals surface area contributed by atoms with Gasteiger partial charge in [-0.25, -0.2) is 5.01 Å². The van der Waals surface area contributed by atoms with Crippen LogP contribution in [0.15, 0.2) is 36.4 Å². The number of hydrogen-bond donors (Lipinski definition) is 1. The van der Waals surface area contributed by atoms with Crippen molar-refractivity contribution in [2.24, 2.45) is 0 Å². The quantitative estimate of drug-likeness (QED) is 0.663. The Labute approximate surface area is 157 Å². The van der Waals surface area contributed by atoms with Gasteiger partial charge in [-0.15, -0.1) is 0 Å². The van der Waals surface area contributed by atoms with Gasteiger partial charge < -0.3 is 0 Å². The van der Waals surface area contributed by atoms with Gasteiger partial charge in [0.2, 0.25) is 5.91 Å². The second-order valence-corrected chi connectivity index (χ2v) is 7.13. The van der Waals surface area contributed by atoms with Crippen molar-refractivity contribution in [3.8, 4) is 0 Å². The molecular formula is C21H25F3N2O. The number of carbonyl (C=O) groups is 1. The second kappa shape index (κ2) is 8.30. The third kappa shape index (κ3) is 4.61. The lowest BCUT2D eigenvalue weighted by Crippen LogP contribution is -2.43. The van der Waals surface area contributed by atoms with Gasteiger partial charge in [0.1, 0.15) is 6.04 Å². The second-order valence-electron chi connectivity index (χ2n) is 7.13. The number of halogens is 3. The normalized spacial score (nSPS) is 16.7. The SMILES string of the molecule is CCCCCCc1cccc2ccc([C@H](N3CCC(=O)N3)C(F)(F)F)cc12. The van der Waals surface area contributed by atoms with E-state index in [1.165, 1.54) is 12.5 Å². The van der Waals surface area contributed by atoms with E-state index in [2.05, 4.69) is 12.3 Å². The molecule has 1 atom stereocenters. The van der Waals surface area contributed by atoms with E-state index in [4.69, 9.17) is 0 Å². The first-order valence-electron chi connectivity index (χ1n) is 9.54. The molecular weight excluding hydrogens is 353 g/mol. The third-order valence-corrected chi connectivity index (χ3v) is 5.08. The van der Waals surface area contributed by atoms with Gasteiger partial charge in [-0.2, -0.15) is 13.2 Å². The van der Waals surface area contributed by atoms with Gasteiger partial charge in [0, 0.05) is 13.0 Å². The average molecular weight is 378 g/mol. The van der Waals surface area contributed by atoms with Crippen molar-refractivity contribution in [1.29, 1.82) is 0 Å². The topological polar surface area (TPSA) is 32.3 Å². The molecule has 1 heterocycles. The Morgan fingerprint density at radius 2 is 1.96 bits per heavy atom. The van der Waals surface area contributed by atoms with Crippen LogP contribution in [0, 0.1) is 0 Å². The number of hydrazine groups is 1. The van der Waals surface area contributed by atoms with Crippen LogP contribution in [0.1, 0.15) is 56.2 Å². The highest BCUT2D eigenvalue weighted by molar-refractivity contribution is 5.86. The van der Waals surface area contributed by atoms with E-state index in [1.807, 2.05) is 18.2 Å². The third-order valence-electron chi connectivity index (χ3n) is 5.08. The molecule has 1 fully saturated rings. The van der Waals surface area contributed by atoms with Gasteiger partial charge in [-0.3, -0.25) is 10.2 Å². The molecule has 3 nitrogen and oxygen atoms in total. The molecule has 0 aliphatic carbocycles. The molecule has 0 aromatic heterocycles. The van der Waals surface area contributed by atoms with Crippen molar-refractivity contribution < 1.29 is 18.0 Å². The minimum absolute atomic E-state index is 0.0553. The summed E-state index contributed by atoms with van der Waals surface area (Å²) in [5.41, 5.74) is 3.59. The van der Waals surface area contributed by atoms with Crippen molar-refractivity contribution >= 4 is 16.7 Å². The van der Waals surface area contributed by atoms with Crippen molar-refractivity contribution in [3.63, 3.8) is 0 Å². The van der Waals surface area contributed by atoms with E-state index in [1.54, 1.807) is 12.1 Å². The predicted octanol–water partition coefficient (Wildman–Crippen LogP) is 5.30. The van der Waals surface area contributed by atoms with Crippen LogP contribution >= 0.6 is 0 Å². The number of rotatable bonds is 7. The first-order valence-corrected chi connectivity index (χ1v) is 9.54. The van der Waals surface area contributed by atoms with Crippen LogP contribution in [0.4, 0.5) is 13.2 Å². The summed E-state index contributed by atoms with van der Waals surface area (Å²) >= 11 is 0. The lowest BCUT2D eigenvalue weighted by molar-refractivity contribution is -0.191. The average Bonchev–Trinajstić information content (AvgIpc) is 3.03. The number of hydrogen-bond acceptors (Lipinski definition) is 2. The minimum Gasteiger partial charge on any atom is -0.288 e. The lowest BCUT2D eigenvalue weighted by Gasteiger charge is -2.29. The number of alkyl halides is 3. The van der Waals surface area contributed by atoms with Crippen LogP contribution in [0.25, 0.3) is 10.8 Å². The van der Waals surface area contributed by atoms with E-state index in [0.29, 0.717) is 0 Å². The van der Waals surface area contributed by atoms with Crippen molar-refractivity contribution in [1.82, 2.24) is 10.4 Å². The highest BCUT2D eigenvalue weighted by Gasteiger charge is 2.46. The van der Waals surface area contributed by atoms with Gasteiger partial charge in [-0.1, -0.05) is 56.5 Å². The number of nitrogens with one attached hydrogen (secondary N) is 1. The van der Waals surface area contributed by atoms with E-state index in [0.717, 1.165) is 47.0 Å². The van der Waals surface area contributed by atoms with E-state index < -0.39 is 12.2 Å². The monoisotopic (exact) mass is 378 g/mol. The molecule has 0 saturated carbocycles. The number of unbranched alkanes of at least 4 members (excludes halogenated alkanes) is 3. The fraction of sp³-hybridized carbons (Fsp3) is 0.476. The molecule has 3 rings (SSSR count). The summed E-state index contributed by atoms with van der Waals surface area (Å²) in [7, 11) is 0. The summed E-state index contributed by atoms with van der Waals surface area (Å²) in [5, 5.41) is 2.82. The summed E-state index contributed by atoms with van der Waals surface area (Å²) in [6, 6.07) is 8.96. The summed E-state index contributed by atoms with van der Waals surface area (Å²) in [5.74, 6) is -0.373. The van der Waals surface area contributed by atoms with Gasteiger partial charge in [0.05, 0.1) is 0 Å². The molecule has 0 unspecified atom stereocenters. The van der Waals surface area contributed by atoms with Crippen molar-refractivity contribution in [2.75, 3.05) is 6.54 Å². The predicted molar refractivity (Wildman–Crippen MR) is 100 cm³/mol. The Morgan fingerprint density at radius 3 is 2.63 bits per heavy atom. The molecule has 146 valence electrons. The summed E-state index contributed by atoms with van der Waals surface area (Å²) in [6.07, 6.45) is 0.942. The van der Waals surface area contributed by atoms with Gasteiger partial charge in [-0.05, 0) is 40.8 Å². The Morgan fingerprint density at radius 1 is 1.15 bits per heavy atom. The highest BCUT2D eigenvalue weighted by Crippen LogP contribution is 2.39. The number of nitrogens with zero attached hydrogens (tertiary/aromatic N) is 1. The molecule has 1 aliphatic heterocycles. The number of carbonyl (C=O) groups excluding carboxylic acids is 1. The molecule has 1 N–H and O–H groups in total. The largest absolute Gasteiger partial charge is 0.409 e. The Kier molecular flexibility index (Phi) is 6.05. The summed E-state index contributed by atoms with van der Waals surface area (Å²) < 4.78 is 41.3. The van der Waals surface area contributed by atoms with Crippen LogP contribution in [0.2, 0.25) is 0 Å². The highest BCUT2D eigenvalue weighted by atomic mass is 19.4. The molecule has 1 amide bonds. The number of fused-ring (bicyclic) bond motifs is 1. The molecule has 0 spiro atoms. The molecule has 1 saturated heterocycles. The minimum atomic E-state index is -4.47. The van der Waals surface area contributed by atoms with Crippen LogP contribution in [-0.2, 0) is 11.2 Å². The molecule has 0 radical (unpaired) electrons. The maximum absolute atomic E-state index is 13.8. The Bertz CT molecular complexity index is 804. The van der Waals surface area contributed by atoms with E-state index in [-0.39, 0.29) is 24.4 Å². The van der Waals surface area contributed by atoms with Crippen LogP contribution in [-0.4, -0.2) is 23.6 Å². The van der Waals surface area contributed by atoms with Gasteiger partial charge in [0.25, 0.3) is 0 Å². The zero-order valence-electron chi connectivity index (χ0n) is 15.5. The zero-order chi connectivity index (χ0) is 19.4. The van der Waals surface area contributed by atoms with Crippen LogP contribution in [0.3, 0.4) is 0 Å². The summed E-state index contributed by atoms with van der Waals surface area (Å²) in [6.45, 7) is 2.21. The summed E-state index contributed by atoms with van der Waals surface area (Å²) in [4.78, 5) is 11.4. The first-order chi connectivity index (χ1) is 12.9. The van der Waals surface area contributed by atoms with Crippen LogP contribution in [0.5, 0.6) is 0 Å². The smallest absolute Gasteiger partial charge is 0.288 e. The zero-order valence-corrected chi connectivity index (χ0v) is 15.5. The van der Waals surface area contributed by atoms with E-state index in [9.17, 15) is 18.0 Å². The number of aryl methyl sites for hydroxylation is 1. The molecule has 2 aromatic rings.